The number of carbonyl (C=O) groups excluding carboxylic acids is 1. The molecule has 1 amide bonds. The molecule has 2 aromatic heterocycles. The van der Waals surface area contributed by atoms with Crippen LogP contribution in [0, 0.1) is 13.8 Å². The molecule has 0 aliphatic heterocycles. The zero-order chi connectivity index (χ0) is 14.7. The van der Waals surface area contributed by atoms with Crippen LogP contribution >= 0.6 is 15.9 Å². The largest absolute Gasteiger partial charge is 0.351 e. The SMILES string of the molecule is Cc1nn(CCCNC(=O)c2cc(C)n(C)n2)cc1Br. The number of hydrogen-bond donors (Lipinski definition) is 1. The normalized spacial score (nSPS) is 10.8. The maximum absolute atomic E-state index is 11.9. The number of hydrogen-bond acceptors (Lipinski definition) is 3. The van der Waals surface area contributed by atoms with Crippen molar-refractivity contribution < 1.29 is 4.79 Å². The van der Waals surface area contributed by atoms with E-state index in [1.807, 2.05) is 31.8 Å². The van der Waals surface area contributed by atoms with E-state index in [1.165, 1.54) is 0 Å². The van der Waals surface area contributed by atoms with Crippen LogP contribution in [0.3, 0.4) is 0 Å². The second-order valence-electron chi connectivity index (χ2n) is 4.73. The summed E-state index contributed by atoms with van der Waals surface area (Å²) in [5.41, 5.74) is 2.40. The molecule has 0 atom stereocenters. The van der Waals surface area contributed by atoms with Crippen molar-refractivity contribution in [3.8, 4) is 0 Å². The Morgan fingerprint density at radius 3 is 2.70 bits per heavy atom. The monoisotopic (exact) mass is 339 g/mol. The highest BCUT2D eigenvalue weighted by atomic mass is 79.9. The Kier molecular flexibility index (Phi) is 4.59. The first-order valence-corrected chi connectivity index (χ1v) is 7.25. The average Bonchev–Trinajstić information content (AvgIpc) is 2.89. The third-order valence-corrected chi connectivity index (χ3v) is 3.86. The predicted octanol–water partition coefficient (Wildman–Crippen LogP) is 1.82. The van der Waals surface area contributed by atoms with Gasteiger partial charge in [0.05, 0.1) is 10.2 Å². The highest BCUT2D eigenvalue weighted by molar-refractivity contribution is 9.10. The third-order valence-electron chi connectivity index (χ3n) is 3.08. The lowest BCUT2D eigenvalue weighted by atomic mass is 10.3. The average molecular weight is 340 g/mol. The molecule has 0 fully saturated rings. The van der Waals surface area contributed by atoms with E-state index in [1.54, 1.807) is 10.7 Å². The van der Waals surface area contributed by atoms with Gasteiger partial charge in [-0.15, -0.1) is 0 Å². The summed E-state index contributed by atoms with van der Waals surface area (Å²) < 4.78 is 4.57. The standard InChI is InChI=1S/C13H18BrN5O/c1-9-7-12(17-18(9)3)13(20)15-5-4-6-19-8-11(14)10(2)16-19/h7-8H,4-6H2,1-3H3,(H,15,20). The van der Waals surface area contributed by atoms with E-state index in [-0.39, 0.29) is 5.91 Å². The van der Waals surface area contributed by atoms with Crippen molar-refractivity contribution in [3.05, 3.63) is 33.8 Å². The number of aromatic nitrogens is 4. The van der Waals surface area contributed by atoms with E-state index in [9.17, 15) is 4.79 Å². The molecule has 0 aliphatic rings. The molecule has 0 unspecified atom stereocenters. The lowest BCUT2D eigenvalue weighted by molar-refractivity contribution is 0.0947. The molecule has 20 heavy (non-hydrogen) atoms. The molecule has 108 valence electrons. The van der Waals surface area contributed by atoms with Crippen LogP contribution in [0.25, 0.3) is 0 Å². The fourth-order valence-corrected chi connectivity index (χ4v) is 2.13. The summed E-state index contributed by atoms with van der Waals surface area (Å²) in [6.45, 7) is 5.24. The summed E-state index contributed by atoms with van der Waals surface area (Å²) >= 11 is 3.42. The minimum absolute atomic E-state index is 0.133. The van der Waals surface area contributed by atoms with Crippen LogP contribution in [-0.2, 0) is 13.6 Å². The molecule has 2 aromatic rings. The maximum atomic E-state index is 11.9. The number of aryl methyl sites for hydroxylation is 4. The minimum Gasteiger partial charge on any atom is -0.351 e. The van der Waals surface area contributed by atoms with Gasteiger partial charge in [0.1, 0.15) is 5.69 Å². The molecule has 1 N–H and O–H groups in total. The van der Waals surface area contributed by atoms with E-state index >= 15 is 0 Å². The van der Waals surface area contributed by atoms with E-state index in [0.29, 0.717) is 12.2 Å². The van der Waals surface area contributed by atoms with Crippen molar-refractivity contribution in [1.29, 1.82) is 0 Å². The molecule has 7 heteroatoms. The molecule has 0 saturated heterocycles. The summed E-state index contributed by atoms with van der Waals surface area (Å²) in [7, 11) is 1.82. The predicted molar refractivity (Wildman–Crippen MR) is 79.6 cm³/mol. The van der Waals surface area contributed by atoms with Crippen molar-refractivity contribution in [2.24, 2.45) is 7.05 Å². The summed E-state index contributed by atoms with van der Waals surface area (Å²) in [6.07, 6.45) is 2.77. The highest BCUT2D eigenvalue weighted by Crippen LogP contribution is 2.13. The zero-order valence-corrected chi connectivity index (χ0v) is 13.4. The molecule has 0 saturated carbocycles. The molecule has 0 aliphatic carbocycles. The van der Waals surface area contributed by atoms with Gasteiger partial charge in [0, 0.05) is 32.0 Å². The topological polar surface area (TPSA) is 64.7 Å². The molecule has 2 heterocycles. The number of amides is 1. The van der Waals surface area contributed by atoms with Gasteiger partial charge in [-0.25, -0.2) is 0 Å². The van der Waals surface area contributed by atoms with Gasteiger partial charge in [0.15, 0.2) is 0 Å². The maximum Gasteiger partial charge on any atom is 0.271 e. The smallest absolute Gasteiger partial charge is 0.271 e. The Bertz CT molecular complexity index is 577. The van der Waals surface area contributed by atoms with Gasteiger partial charge in [-0.05, 0) is 42.3 Å². The van der Waals surface area contributed by atoms with Crippen LogP contribution in [0.4, 0.5) is 0 Å². The number of carbonyl (C=O) groups is 1. The fourth-order valence-electron chi connectivity index (χ4n) is 1.81. The minimum atomic E-state index is -0.133. The lowest BCUT2D eigenvalue weighted by Crippen LogP contribution is -2.25. The number of rotatable bonds is 5. The Morgan fingerprint density at radius 1 is 1.40 bits per heavy atom. The molecular formula is C13H18BrN5O. The first-order chi connectivity index (χ1) is 9.47. The van der Waals surface area contributed by atoms with Gasteiger partial charge in [-0.3, -0.25) is 14.2 Å². The van der Waals surface area contributed by atoms with Gasteiger partial charge < -0.3 is 5.32 Å². The van der Waals surface area contributed by atoms with Crippen molar-refractivity contribution in [3.63, 3.8) is 0 Å². The molecule has 0 spiro atoms. The summed E-state index contributed by atoms with van der Waals surface area (Å²) in [4.78, 5) is 11.9. The number of nitrogens with zero attached hydrogens (tertiary/aromatic N) is 4. The van der Waals surface area contributed by atoms with E-state index < -0.39 is 0 Å². The van der Waals surface area contributed by atoms with Crippen LogP contribution in [0.1, 0.15) is 28.3 Å². The zero-order valence-electron chi connectivity index (χ0n) is 11.9. The molecule has 0 radical (unpaired) electrons. The van der Waals surface area contributed by atoms with Crippen LogP contribution in [0.2, 0.25) is 0 Å². The van der Waals surface area contributed by atoms with Gasteiger partial charge >= 0.3 is 0 Å². The Hall–Kier alpha value is -1.63. The molecule has 6 nitrogen and oxygen atoms in total. The molecule has 0 bridgehead atoms. The highest BCUT2D eigenvalue weighted by Gasteiger charge is 2.10. The molecular weight excluding hydrogens is 322 g/mol. The summed E-state index contributed by atoms with van der Waals surface area (Å²) in [6, 6.07) is 1.78. The van der Waals surface area contributed by atoms with Crippen molar-refractivity contribution in [2.45, 2.75) is 26.8 Å². The van der Waals surface area contributed by atoms with Crippen LogP contribution in [0.5, 0.6) is 0 Å². The first-order valence-electron chi connectivity index (χ1n) is 6.46. The second kappa shape index (κ2) is 6.21. The van der Waals surface area contributed by atoms with Crippen LogP contribution < -0.4 is 5.32 Å². The van der Waals surface area contributed by atoms with Crippen molar-refractivity contribution >= 4 is 21.8 Å². The quantitative estimate of drug-likeness (QED) is 0.845. The molecule has 2 rings (SSSR count). The lowest BCUT2D eigenvalue weighted by Gasteiger charge is -2.03. The van der Waals surface area contributed by atoms with Gasteiger partial charge in [-0.1, -0.05) is 0 Å². The van der Waals surface area contributed by atoms with E-state index in [4.69, 9.17) is 0 Å². The fraction of sp³-hybridized carbons (Fsp3) is 0.462. The first kappa shape index (κ1) is 14.8. The van der Waals surface area contributed by atoms with E-state index in [0.717, 1.165) is 28.8 Å². The number of nitrogens with one attached hydrogen (secondary N) is 1. The second-order valence-corrected chi connectivity index (χ2v) is 5.58. The summed E-state index contributed by atoms with van der Waals surface area (Å²) in [5, 5.41) is 11.3. The third kappa shape index (κ3) is 3.47. The Morgan fingerprint density at radius 2 is 2.15 bits per heavy atom. The summed E-state index contributed by atoms with van der Waals surface area (Å²) in [5.74, 6) is -0.133. The van der Waals surface area contributed by atoms with Gasteiger partial charge in [0.25, 0.3) is 5.91 Å². The Labute approximate surface area is 126 Å². The van der Waals surface area contributed by atoms with Crippen molar-refractivity contribution in [2.75, 3.05) is 6.54 Å². The number of halogens is 1. The van der Waals surface area contributed by atoms with Gasteiger partial charge in [0.2, 0.25) is 0 Å². The Balaban J connectivity index is 1.77. The van der Waals surface area contributed by atoms with Crippen LogP contribution in [-0.4, -0.2) is 32.0 Å². The molecule has 0 aromatic carbocycles. The van der Waals surface area contributed by atoms with Crippen LogP contribution in [0.15, 0.2) is 16.7 Å². The van der Waals surface area contributed by atoms with E-state index in [2.05, 4.69) is 31.4 Å². The van der Waals surface area contributed by atoms with Gasteiger partial charge in [-0.2, -0.15) is 10.2 Å². The van der Waals surface area contributed by atoms with Crippen molar-refractivity contribution in [1.82, 2.24) is 24.9 Å².